The van der Waals surface area contributed by atoms with Crippen LogP contribution >= 0.6 is 11.6 Å². The van der Waals surface area contributed by atoms with Crippen LogP contribution in [-0.2, 0) is 0 Å². The first-order chi connectivity index (χ1) is 13.5. The fourth-order valence-corrected chi connectivity index (χ4v) is 3.45. The molecule has 1 atom stereocenters. The second kappa shape index (κ2) is 7.08. The highest BCUT2D eigenvalue weighted by Gasteiger charge is 2.22. The number of H-pyrrole nitrogens is 1. The third-order valence-corrected chi connectivity index (χ3v) is 4.82. The second-order valence-electron chi connectivity index (χ2n) is 6.50. The summed E-state index contributed by atoms with van der Waals surface area (Å²) in [5.74, 6) is 1.17. The number of aromatic nitrogens is 6. The molecule has 3 aromatic heterocycles. The molecule has 9 nitrogen and oxygen atoms in total. The predicted molar refractivity (Wildman–Crippen MR) is 109 cm³/mol. The summed E-state index contributed by atoms with van der Waals surface area (Å²) in [4.78, 5) is 33.6. The van der Waals surface area contributed by atoms with E-state index in [1.807, 2.05) is 6.92 Å². The van der Waals surface area contributed by atoms with E-state index in [1.54, 1.807) is 43.6 Å². The number of fused-ring (bicyclic) bond motifs is 2. The molecule has 3 heterocycles. The van der Waals surface area contributed by atoms with Crippen LogP contribution in [0.2, 0.25) is 5.02 Å². The summed E-state index contributed by atoms with van der Waals surface area (Å²) in [6.45, 7) is 2.01. The Morgan fingerprint density at radius 3 is 2.86 bits per heavy atom. The standard InChI is InChI=1S/C18H19ClN8O/c1-4-11(24-16-14-15(21-8-20-14)22-9-23-16)17-25-12-7-5-6-10(19)13(12)18(28)27(17)26(2)3/h5-9,11H,4H2,1-3H3,(H2,20,21,22,23,24)/t11-/m0/s1. The van der Waals surface area contributed by atoms with Crippen molar-refractivity contribution >= 4 is 39.5 Å². The lowest BCUT2D eigenvalue weighted by Gasteiger charge is -2.26. The van der Waals surface area contributed by atoms with Gasteiger partial charge in [-0.25, -0.2) is 24.6 Å². The number of hydrogen-bond acceptors (Lipinski definition) is 7. The van der Waals surface area contributed by atoms with E-state index in [4.69, 9.17) is 16.6 Å². The first kappa shape index (κ1) is 18.2. The van der Waals surface area contributed by atoms with Gasteiger partial charge in [-0.15, -0.1) is 0 Å². The summed E-state index contributed by atoms with van der Waals surface area (Å²) < 4.78 is 1.53. The van der Waals surface area contributed by atoms with E-state index in [0.29, 0.717) is 45.2 Å². The number of halogens is 1. The van der Waals surface area contributed by atoms with Gasteiger partial charge in [0, 0.05) is 14.1 Å². The highest BCUT2D eigenvalue weighted by molar-refractivity contribution is 6.35. The van der Waals surface area contributed by atoms with Crippen molar-refractivity contribution in [1.29, 1.82) is 0 Å². The second-order valence-corrected chi connectivity index (χ2v) is 6.90. The average molecular weight is 399 g/mol. The maximum absolute atomic E-state index is 13.2. The highest BCUT2D eigenvalue weighted by atomic mass is 35.5. The molecule has 1 aromatic carbocycles. The van der Waals surface area contributed by atoms with Gasteiger partial charge in [0.15, 0.2) is 17.3 Å². The van der Waals surface area contributed by atoms with Crippen molar-refractivity contribution in [3.63, 3.8) is 0 Å². The Bertz CT molecular complexity index is 1220. The summed E-state index contributed by atoms with van der Waals surface area (Å²) in [6, 6.07) is 4.99. The van der Waals surface area contributed by atoms with Gasteiger partial charge in [0.05, 0.1) is 28.3 Å². The Kier molecular flexibility index (Phi) is 4.60. The minimum atomic E-state index is -0.278. The Balaban J connectivity index is 1.89. The quantitative estimate of drug-likeness (QED) is 0.532. The molecule has 0 saturated carbocycles. The molecule has 10 heteroatoms. The number of aromatic amines is 1. The molecule has 0 amide bonds. The zero-order chi connectivity index (χ0) is 19.8. The van der Waals surface area contributed by atoms with E-state index in [-0.39, 0.29) is 11.6 Å². The van der Waals surface area contributed by atoms with Crippen LogP contribution < -0.4 is 15.9 Å². The lowest BCUT2D eigenvalue weighted by atomic mass is 10.1. The normalized spacial score (nSPS) is 12.4. The minimum Gasteiger partial charge on any atom is -0.358 e. The van der Waals surface area contributed by atoms with Crippen LogP contribution in [0.15, 0.2) is 35.6 Å². The first-order valence-corrected chi connectivity index (χ1v) is 9.18. The van der Waals surface area contributed by atoms with Gasteiger partial charge in [-0.2, -0.15) is 0 Å². The van der Waals surface area contributed by atoms with Gasteiger partial charge in [-0.3, -0.25) is 4.79 Å². The van der Waals surface area contributed by atoms with Crippen LogP contribution in [0.5, 0.6) is 0 Å². The fraction of sp³-hybridized carbons (Fsp3) is 0.278. The van der Waals surface area contributed by atoms with Crippen LogP contribution in [0.1, 0.15) is 25.2 Å². The van der Waals surface area contributed by atoms with E-state index in [1.165, 1.54) is 11.0 Å². The molecule has 4 rings (SSSR count). The number of imidazole rings is 1. The van der Waals surface area contributed by atoms with E-state index < -0.39 is 0 Å². The summed E-state index contributed by atoms with van der Waals surface area (Å²) >= 11 is 6.27. The molecule has 4 aromatic rings. The largest absolute Gasteiger partial charge is 0.358 e. The van der Waals surface area contributed by atoms with Crippen LogP contribution in [-0.4, -0.2) is 43.7 Å². The predicted octanol–water partition coefficient (Wildman–Crippen LogP) is 2.48. The van der Waals surface area contributed by atoms with Crippen LogP contribution in [0, 0.1) is 0 Å². The van der Waals surface area contributed by atoms with Gasteiger partial charge in [0.1, 0.15) is 11.8 Å². The summed E-state index contributed by atoms with van der Waals surface area (Å²) in [5.41, 5.74) is 1.60. The third kappa shape index (κ3) is 2.93. The molecule has 144 valence electrons. The zero-order valence-electron chi connectivity index (χ0n) is 15.6. The molecule has 0 saturated heterocycles. The minimum absolute atomic E-state index is 0.217. The van der Waals surface area contributed by atoms with Gasteiger partial charge in [0.2, 0.25) is 0 Å². The first-order valence-electron chi connectivity index (χ1n) is 8.80. The number of nitrogens with zero attached hydrogens (tertiary/aromatic N) is 6. The molecule has 0 fully saturated rings. The van der Waals surface area contributed by atoms with Crippen molar-refractivity contribution in [3.8, 4) is 0 Å². The molecule has 0 unspecified atom stereocenters. The molecule has 0 bridgehead atoms. The summed E-state index contributed by atoms with van der Waals surface area (Å²) in [5, 5.41) is 5.85. The Labute approximate surface area is 165 Å². The third-order valence-electron chi connectivity index (χ3n) is 4.50. The monoisotopic (exact) mass is 398 g/mol. The number of benzene rings is 1. The van der Waals surface area contributed by atoms with Crippen molar-refractivity contribution in [2.45, 2.75) is 19.4 Å². The number of nitrogens with one attached hydrogen (secondary N) is 2. The van der Waals surface area contributed by atoms with Gasteiger partial charge in [0.25, 0.3) is 5.56 Å². The molecule has 2 N–H and O–H groups in total. The van der Waals surface area contributed by atoms with Crippen molar-refractivity contribution in [2.75, 3.05) is 24.4 Å². The molecule has 0 aliphatic rings. The SMILES string of the molecule is CC[C@H](Nc1ncnc2nc[nH]c12)c1nc2cccc(Cl)c2c(=O)n1N(C)C. The van der Waals surface area contributed by atoms with Crippen molar-refractivity contribution in [1.82, 2.24) is 29.6 Å². The van der Waals surface area contributed by atoms with E-state index in [9.17, 15) is 4.79 Å². The summed E-state index contributed by atoms with van der Waals surface area (Å²) in [6.07, 6.45) is 3.69. The van der Waals surface area contributed by atoms with Gasteiger partial charge < -0.3 is 15.3 Å². The number of rotatable bonds is 5. The summed E-state index contributed by atoms with van der Waals surface area (Å²) in [7, 11) is 3.58. The van der Waals surface area contributed by atoms with E-state index in [2.05, 4.69) is 25.3 Å². The molecular weight excluding hydrogens is 380 g/mol. The Morgan fingerprint density at radius 1 is 1.29 bits per heavy atom. The zero-order valence-corrected chi connectivity index (χ0v) is 16.4. The molecule has 0 radical (unpaired) electrons. The number of anilines is 1. The topological polar surface area (TPSA) is 105 Å². The van der Waals surface area contributed by atoms with Gasteiger partial charge in [-0.05, 0) is 18.6 Å². The molecular formula is C18H19ClN8O. The Morgan fingerprint density at radius 2 is 2.11 bits per heavy atom. The average Bonchev–Trinajstić information content (AvgIpc) is 3.15. The van der Waals surface area contributed by atoms with Crippen LogP contribution in [0.3, 0.4) is 0 Å². The van der Waals surface area contributed by atoms with Crippen LogP contribution in [0.4, 0.5) is 5.82 Å². The smallest absolute Gasteiger partial charge is 0.281 e. The van der Waals surface area contributed by atoms with Crippen molar-refractivity contribution < 1.29 is 0 Å². The van der Waals surface area contributed by atoms with Crippen LogP contribution in [0.25, 0.3) is 22.1 Å². The van der Waals surface area contributed by atoms with E-state index >= 15 is 0 Å². The highest BCUT2D eigenvalue weighted by Crippen LogP contribution is 2.25. The molecule has 0 aliphatic heterocycles. The Hall–Kier alpha value is -3.20. The van der Waals surface area contributed by atoms with E-state index in [0.717, 1.165) is 0 Å². The van der Waals surface area contributed by atoms with Gasteiger partial charge >= 0.3 is 0 Å². The maximum Gasteiger partial charge on any atom is 0.281 e. The van der Waals surface area contributed by atoms with Crippen molar-refractivity contribution in [3.05, 3.63) is 52.1 Å². The van der Waals surface area contributed by atoms with Gasteiger partial charge in [-0.1, -0.05) is 24.6 Å². The molecule has 28 heavy (non-hydrogen) atoms. The fourth-order valence-electron chi connectivity index (χ4n) is 3.20. The molecule has 0 spiro atoms. The van der Waals surface area contributed by atoms with Crippen molar-refractivity contribution in [2.24, 2.45) is 0 Å². The number of hydrogen-bond donors (Lipinski definition) is 2. The maximum atomic E-state index is 13.2. The lowest BCUT2D eigenvalue weighted by molar-refractivity contribution is 0.579. The molecule has 0 aliphatic carbocycles. The lowest BCUT2D eigenvalue weighted by Crippen LogP contribution is -2.41.